The Kier molecular flexibility index (Phi) is 1.25. The van der Waals surface area contributed by atoms with Crippen LogP contribution in [0.1, 0.15) is 6.42 Å². The van der Waals surface area contributed by atoms with Gasteiger partial charge in [0.2, 0.25) is 0 Å². The molecule has 0 unspecified atom stereocenters. The fourth-order valence-electron chi connectivity index (χ4n) is 1.45. The zero-order valence-electron chi connectivity index (χ0n) is 5.34. The van der Waals surface area contributed by atoms with E-state index in [0.29, 0.717) is 6.42 Å². The third-order valence-corrected chi connectivity index (χ3v) is 2.18. The quantitative estimate of drug-likeness (QED) is 0.354. The van der Waals surface area contributed by atoms with Crippen LogP contribution in [0, 0.1) is 0 Å². The van der Waals surface area contributed by atoms with Crippen LogP contribution in [0.4, 0.5) is 0 Å². The molecule has 2 aliphatic rings. The molecule has 0 aromatic carbocycles. The van der Waals surface area contributed by atoms with E-state index in [0.717, 1.165) is 0 Å². The summed E-state index contributed by atoms with van der Waals surface area (Å²) in [6, 6.07) is 0. The van der Waals surface area contributed by atoms with Crippen LogP contribution in [-0.4, -0.2) is 45.8 Å². The highest BCUT2D eigenvalue weighted by Gasteiger charge is 2.54. The minimum atomic E-state index is -1.02. The summed E-state index contributed by atoms with van der Waals surface area (Å²) in [4.78, 5) is 0. The van der Waals surface area contributed by atoms with E-state index in [2.05, 4.69) is 0 Å². The lowest BCUT2D eigenvalue weighted by Gasteiger charge is -2.24. The summed E-state index contributed by atoms with van der Waals surface area (Å²) in [6.45, 7) is 0. The number of aliphatic hydroxyl groups excluding tert-OH is 3. The van der Waals surface area contributed by atoms with Crippen LogP contribution >= 0.6 is 0 Å². The van der Waals surface area contributed by atoms with Gasteiger partial charge in [-0.15, -0.1) is 0 Å². The number of hydrogen-bond acceptors (Lipinski definition) is 4. The Balaban J connectivity index is 2.07. The molecular formula is C6H10O4. The van der Waals surface area contributed by atoms with Crippen LogP contribution in [0.2, 0.25) is 0 Å². The zero-order chi connectivity index (χ0) is 7.30. The van der Waals surface area contributed by atoms with E-state index in [-0.39, 0.29) is 12.2 Å². The summed E-state index contributed by atoms with van der Waals surface area (Å²) in [5.74, 6) is 0. The highest BCUT2D eigenvalue weighted by molar-refractivity contribution is 5.02. The average molecular weight is 146 g/mol. The minimum Gasteiger partial charge on any atom is -0.390 e. The van der Waals surface area contributed by atoms with E-state index in [1.54, 1.807) is 0 Å². The standard InChI is InChI=1S/C6H10O4/c7-2-1-3-6(10-3)5(9)4(2)8/h2-9H,1H2/t2-,3-,4+,5+,6-/m0/s1. The first-order chi connectivity index (χ1) is 4.70. The van der Waals surface area contributed by atoms with Crippen molar-refractivity contribution in [1.82, 2.24) is 0 Å². The van der Waals surface area contributed by atoms with Crippen molar-refractivity contribution in [2.24, 2.45) is 0 Å². The summed E-state index contributed by atoms with van der Waals surface area (Å²) in [7, 11) is 0. The van der Waals surface area contributed by atoms with Gasteiger partial charge in [0, 0.05) is 6.42 Å². The molecule has 2 rings (SSSR count). The van der Waals surface area contributed by atoms with Gasteiger partial charge in [0.15, 0.2) is 0 Å². The summed E-state index contributed by atoms with van der Waals surface area (Å²) in [5, 5.41) is 27.2. The number of aliphatic hydroxyl groups is 3. The summed E-state index contributed by atoms with van der Waals surface area (Å²) in [5.41, 5.74) is 0. The van der Waals surface area contributed by atoms with Gasteiger partial charge < -0.3 is 20.1 Å². The second-order valence-electron chi connectivity index (χ2n) is 2.92. The molecule has 1 aliphatic heterocycles. The molecule has 58 valence electrons. The Morgan fingerprint density at radius 1 is 1.10 bits per heavy atom. The number of rotatable bonds is 0. The molecule has 2 fully saturated rings. The van der Waals surface area contributed by atoms with Gasteiger partial charge in [0.1, 0.15) is 18.3 Å². The Hall–Kier alpha value is -0.160. The maximum absolute atomic E-state index is 9.12. The molecule has 0 aromatic rings. The monoisotopic (exact) mass is 146 g/mol. The molecule has 3 N–H and O–H groups in total. The maximum Gasteiger partial charge on any atom is 0.113 e. The molecule has 0 radical (unpaired) electrons. The van der Waals surface area contributed by atoms with Crippen molar-refractivity contribution in [3.8, 4) is 0 Å². The van der Waals surface area contributed by atoms with Crippen molar-refractivity contribution in [1.29, 1.82) is 0 Å². The first-order valence-electron chi connectivity index (χ1n) is 3.40. The minimum absolute atomic E-state index is 0.0200. The van der Waals surface area contributed by atoms with E-state index >= 15 is 0 Å². The van der Waals surface area contributed by atoms with E-state index in [9.17, 15) is 0 Å². The summed E-state index contributed by atoms with van der Waals surface area (Å²) >= 11 is 0. The summed E-state index contributed by atoms with van der Waals surface area (Å²) in [6.07, 6.45) is -2.54. The fourth-order valence-corrected chi connectivity index (χ4v) is 1.45. The molecule has 5 atom stereocenters. The first-order valence-corrected chi connectivity index (χ1v) is 3.40. The van der Waals surface area contributed by atoms with Crippen LogP contribution in [0.25, 0.3) is 0 Å². The van der Waals surface area contributed by atoms with E-state index in [1.165, 1.54) is 0 Å². The van der Waals surface area contributed by atoms with Gasteiger partial charge >= 0.3 is 0 Å². The van der Waals surface area contributed by atoms with E-state index in [1.807, 2.05) is 0 Å². The highest BCUT2D eigenvalue weighted by Crippen LogP contribution is 2.36. The molecule has 10 heavy (non-hydrogen) atoms. The molecule has 0 amide bonds. The molecule has 0 bridgehead atoms. The van der Waals surface area contributed by atoms with Crippen LogP contribution in [0.3, 0.4) is 0 Å². The summed E-state index contributed by atoms with van der Waals surface area (Å²) < 4.78 is 4.96. The van der Waals surface area contributed by atoms with Gasteiger partial charge in [-0.05, 0) is 0 Å². The van der Waals surface area contributed by atoms with Crippen molar-refractivity contribution in [3.63, 3.8) is 0 Å². The van der Waals surface area contributed by atoms with Crippen molar-refractivity contribution in [2.75, 3.05) is 0 Å². The van der Waals surface area contributed by atoms with Crippen molar-refractivity contribution < 1.29 is 20.1 Å². The van der Waals surface area contributed by atoms with Crippen LogP contribution in [0.5, 0.6) is 0 Å². The van der Waals surface area contributed by atoms with Gasteiger partial charge in [-0.25, -0.2) is 0 Å². The maximum atomic E-state index is 9.12. The van der Waals surface area contributed by atoms with Gasteiger partial charge in [-0.3, -0.25) is 0 Å². The van der Waals surface area contributed by atoms with Crippen LogP contribution in [0.15, 0.2) is 0 Å². The molecule has 0 aromatic heterocycles. The lowest BCUT2D eigenvalue weighted by molar-refractivity contribution is -0.0759. The Morgan fingerprint density at radius 3 is 2.50 bits per heavy atom. The van der Waals surface area contributed by atoms with Crippen LogP contribution < -0.4 is 0 Å². The second-order valence-corrected chi connectivity index (χ2v) is 2.92. The number of epoxide rings is 1. The van der Waals surface area contributed by atoms with Crippen LogP contribution in [-0.2, 0) is 4.74 Å². The molecular weight excluding hydrogens is 136 g/mol. The Morgan fingerprint density at radius 2 is 1.80 bits per heavy atom. The van der Waals surface area contributed by atoms with E-state index in [4.69, 9.17) is 20.1 Å². The fraction of sp³-hybridized carbons (Fsp3) is 1.00. The molecule has 0 spiro atoms. The Bertz CT molecular complexity index is 147. The van der Waals surface area contributed by atoms with Crippen molar-refractivity contribution in [2.45, 2.75) is 36.9 Å². The topological polar surface area (TPSA) is 73.2 Å². The largest absolute Gasteiger partial charge is 0.390 e. The predicted molar refractivity (Wildman–Crippen MR) is 31.3 cm³/mol. The van der Waals surface area contributed by atoms with Crippen molar-refractivity contribution in [3.05, 3.63) is 0 Å². The normalized spacial score (nSPS) is 59.7. The molecule has 4 heteroatoms. The first kappa shape index (κ1) is 6.54. The molecule has 1 aliphatic carbocycles. The lowest BCUT2D eigenvalue weighted by atomic mass is 9.92. The number of hydrogen-bond donors (Lipinski definition) is 3. The third kappa shape index (κ3) is 0.769. The number of ether oxygens (including phenoxy) is 1. The molecule has 1 heterocycles. The van der Waals surface area contributed by atoms with Crippen molar-refractivity contribution >= 4 is 0 Å². The molecule has 4 nitrogen and oxygen atoms in total. The van der Waals surface area contributed by atoms with E-state index < -0.39 is 18.3 Å². The SMILES string of the molecule is O[C@@H]1[C@H](O)[C@@H](O)C[C@@H]2O[C@H]12. The van der Waals surface area contributed by atoms with Gasteiger partial charge in [0.05, 0.1) is 12.2 Å². The Labute approximate surface area is 58.0 Å². The zero-order valence-corrected chi connectivity index (χ0v) is 5.34. The molecule has 1 saturated carbocycles. The van der Waals surface area contributed by atoms with Gasteiger partial charge in [0.25, 0.3) is 0 Å². The molecule has 1 saturated heterocycles. The third-order valence-electron chi connectivity index (χ3n) is 2.18. The highest BCUT2D eigenvalue weighted by atomic mass is 16.6. The van der Waals surface area contributed by atoms with Gasteiger partial charge in [-0.2, -0.15) is 0 Å². The van der Waals surface area contributed by atoms with Gasteiger partial charge in [-0.1, -0.05) is 0 Å². The lowest BCUT2D eigenvalue weighted by Crippen LogP contribution is -2.45. The smallest absolute Gasteiger partial charge is 0.113 e. The predicted octanol–water partition coefficient (Wildman–Crippen LogP) is -1.76. The number of fused-ring (bicyclic) bond motifs is 1. The second kappa shape index (κ2) is 1.92. The average Bonchev–Trinajstić information content (AvgIpc) is 2.62.